The van der Waals surface area contributed by atoms with E-state index in [0.717, 1.165) is 50.4 Å². The zero-order chi connectivity index (χ0) is 14.4. The SMILES string of the molecule is CCCNCc1cc(F)cnc1N(C)C1CCOCC1. The van der Waals surface area contributed by atoms with Gasteiger partial charge in [0.1, 0.15) is 11.6 Å². The van der Waals surface area contributed by atoms with E-state index in [2.05, 4.69) is 22.1 Å². The lowest BCUT2D eigenvalue weighted by Gasteiger charge is -2.33. The highest BCUT2D eigenvalue weighted by Crippen LogP contribution is 2.23. The highest BCUT2D eigenvalue weighted by atomic mass is 19.1. The summed E-state index contributed by atoms with van der Waals surface area (Å²) < 4.78 is 18.8. The molecule has 1 aromatic heterocycles. The Balaban J connectivity index is 2.11. The number of ether oxygens (including phenoxy) is 1. The zero-order valence-corrected chi connectivity index (χ0v) is 12.4. The standard InChI is InChI=1S/C15H24FN3O/c1-3-6-17-10-12-9-13(16)11-18-15(12)19(2)14-4-7-20-8-5-14/h9,11,14,17H,3-8,10H2,1-2H3. The summed E-state index contributed by atoms with van der Waals surface area (Å²) >= 11 is 0. The molecular weight excluding hydrogens is 257 g/mol. The molecule has 0 bridgehead atoms. The lowest BCUT2D eigenvalue weighted by atomic mass is 10.1. The van der Waals surface area contributed by atoms with Crippen LogP contribution in [0.25, 0.3) is 0 Å². The van der Waals surface area contributed by atoms with Crippen LogP contribution < -0.4 is 10.2 Å². The lowest BCUT2D eigenvalue weighted by Crippen LogP contribution is -2.38. The van der Waals surface area contributed by atoms with E-state index in [0.29, 0.717) is 12.6 Å². The summed E-state index contributed by atoms with van der Waals surface area (Å²) in [4.78, 5) is 6.47. The van der Waals surface area contributed by atoms with E-state index in [4.69, 9.17) is 4.74 Å². The van der Waals surface area contributed by atoms with Crippen molar-refractivity contribution >= 4 is 5.82 Å². The van der Waals surface area contributed by atoms with Crippen molar-refractivity contribution in [2.75, 3.05) is 31.7 Å². The van der Waals surface area contributed by atoms with Crippen LogP contribution in [0.3, 0.4) is 0 Å². The van der Waals surface area contributed by atoms with Gasteiger partial charge in [0.15, 0.2) is 0 Å². The molecule has 4 nitrogen and oxygen atoms in total. The van der Waals surface area contributed by atoms with Crippen molar-refractivity contribution in [1.29, 1.82) is 0 Å². The maximum absolute atomic E-state index is 13.4. The number of anilines is 1. The number of halogens is 1. The Kier molecular flexibility index (Phi) is 5.73. The van der Waals surface area contributed by atoms with Gasteiger partial charge in [-0.1, -0.05) is 6.92 Å². The summed E-state index contributed by atoms with van der Waals surface area (Å²) in [7, 11) is 2.04. The Morgan fingerprint density at radius 1 is 1.45 bits per heavy atom. The first-order valence-corrected chi connectivity index (χ1v) is 7.38. The van der Waals surface area contributed by atoms with Crippen molar-refractivity contribution < 1.29 is 9.13 Å². The smallest absolute Gasteiger partial charge is 0.141 e. The van der Waals surface area contributed by atoms with Crippen LogP contribution in [-0.2, 0) is 11.3 Å². The summed E-state index contributed by atoms with van der Waals surface area (Å²) in [6, 6.07) is 2.01. The largest absolute Gasteiger partial charge is 0.381 e. The number of hydrogen-bond acceptors (Lipinski definition) is 4. The molecule has 1 saturated heterocycles. The summed E-state index contributed by atoms with van der Waals surface area (Å²) in [6.07, 6.45) is 4.36. The Morgan fingerprint density at radius 2 is 2.20 bits per heavy atom. The van der Waals surface area contributed by atoms with E-state index in [-0.39, 0.29) is 5.82 Å². The second-order valence-corrected chi connectivity index (χ2v) is 5.27. The summed E-state index contributed by atoms with van der Waals surface area (Å²) in [5, 5.41) is 3.32. The summed E-state index contributed by atoms with van der Waals surface area (Å²) in [6.45, 7) is 5.28. The summed E-state index contributed by atoms with van der Waals surface area (Å²) in [5.41, 5.74) is 0.924. The van der Waals surface area contributed by atoms with Crippen LogP contribution in [0.4, 0.5) is 10.2 Å². The van der Waals surface area contributed by atoms with Gasteiger partial charge in [-0.15, -0.1) is 0 Å². The second-order valence-electron chi connectivity index (χ2n) is 5.27. The first-order chi connectivity index (χ1) is 9.72. The second kappa shape index (κ2) is 7.55. The van der Waals surface area contributed by atoms with Crippen molar-refractivity contribution in [2.24, 2.45) is 0 Å². The number of aromatic nitrogens is 1. The maximum Gasteiger partial charge on any atom is 0.141 e. The molecule has 1 fully saturated rings. The molecule has 112 valence electrons. The minimum absolute atomic E-state index is 0.276. The van der Waals surface area contributed by atoms with E-state index in [1.165, 1.54) is 6.20 Å². The number of hydrogen-bond donors (Lipinski definition) is 1. The number of rotatable bonds is 6. The predicted molar refractivity (Wildman–Crippen MR) is 78.4 cm³/mol. The van der Waals surface area contributed by atoms with Crippen LogP contribution in [-0.4, -0.2) is 37.8 Å². The fraction of sp³-hybridized carbons (Fsp3) is 0.667. The predicted octanol–water partition coefficient (Wildman–Crippen LogP) is 2.34. The van der Waals surface area contributed by atoms with E-state index in [9.17, 15) is 4.39 Å². The topological polar surface area (TPSA) is 37.4 Å². The molecule has 1 aromatic rings. The molecule has 0 saturated carbocycles. The molecule has 0 unspecified atom stereocenters. The number of nitrogens with one attached hydrogen (secondary N) is 1. The van der Waals surface area contributed by atoms with Crippen molar-refractivity contribution in [1.82, 2.24) is 10.3 Å². The third kappa shape index (κ3) is 3.90. The quantitative estimate of drug-likeness (QED) is 0.812. The number of pyridine rings is 1. The molecule has 1 aliphatic heterocycles. The highest BCUT2D eigenvalue weighted by Gasteiger charge is 2.21. The van der Waals surface area contributed by atoms with Gasteiger partial charge in [0, 0.05) is 38.4 Å². The average Bonchev–Trinajstić information content (AvgIpc) is 2.48. The molecule has 0 radical (unpaired) electrons. The Labute approximate surface area is 120 Å². The van der Waals surface area contributed by atoms with Gasteiger partial charge in [-0.25, -0.2) is 9.37 Å². The molecule has 0 amide bonds. The summed E-state index contributed by atoms with van der Waals surface area (Å²) in [5.74, 6) is 0.601. The van der Waals surface area contributed by atoms with Crippen LogP contribution in [0, 0.1) is 5.82 Å². The Morgan fingerprint density at radius 3 is 2.90 bits per heavy atom. The normalized spacial score (nSPS) is 16.4. The van der Waals surface area contributed by atoms with Crippen LogP contribution in [0.1, 0.15) is 31.7 Å². The van der Waals surface area contributed by atoms with Gasteiger partial charge in [0.25, 0.3) is 0 Å². The fourth-order valence-electron chi connectivity index (χ4n) is 2.57. The van der Waals surface area contributed by atoms with Gasteiger partial charge < -0.3 is 15.0 Å². The first kappa shape index (κ1) is 15.2. The lowest BCUT2D eigenvalue weighted by molar-refractivity contribution is 0.0853. The molecule has 0 aromatic carbocycles. The molecule has 1 N–H and O–H groups in total. The van der Waals surface area contributed by atoms with E-state index in [1.54, 1.807) is 6.07 Å². The molecule has 0 spiro atoms. The first-order valence-electron chi connectivity index (χ1n) is 7.38. The average molecular weight is 281 g/mol. The Bertz CT molecular complexity index is 422. The monoisotopic (exact) mass is 281 g/mol. The van der Waals surface area contributed by atoms with E-state index < -0.39 is 0 Å². The molecule has 20 heavy (non-hydrogen) atoms. The van der Waals surface area contributed by atoms with E-state index in [1.807, 2.05) is 7.05 Å². The molecule has 0 aliphatic carbocycles. The van der Waals surface area contributed by atoms with Gasteiger partial charge in [-0.05, 0) is 31.9 Å². The van der Waals surface area contributed by atoms with Crippen LogP contribution in [0.15, 0.2) is 12.3 Å². The molecule has 1 aliphatic rings. The van der Waals surface area contributed by atoms with Crippen LogP contribution in [0.2, 0.25) is 0 Å². The molecule has 0 atom stereocenters. The van der Waals surface area contributed by atoms with Gasteiger partial charge in [-0.2, -0.15) is 0 Å². The highest BCUT2D eigenvalue weighted by molar-refractivity contribution is 5.47. The maximum atomic E-state index is 13.4. The van der Waals surface area contributed by atoms with Crippen molar-refractivity contribution in [3.63, 3.8) is 0 Å². The van der Waals surface area contributed by atoms with Gasteiger partial charge >= 0.3 is 0 Å². The molecule has 5 heteroatoms. The van der Waals surface area contributed by atoms with Crippen LogP contribution >= 0.6 is 0 Å². The van der Waals surface area contributed by atoms with Gasteiger partial charge in [-0.3, -0.25) is 0 Å². The minimum atomic E-state index is -0.276. The van der Waals surface area contributed by atoms with Gasteiger partial charge in [0.05, 0.1) is 6.20 Å². The van der Waals surface area contributed by atoms with Gasteiger partial charge in [0.2, 0.25) is 0 Å². The van der Waals surface area contributed by atoms with Crippen molar-refractivity contribution in [3.8, 4) is 0 Å². The van der Waals surface area contributed by atoms with Crippen molar-refractivity contribution in [3.05, 3.63) is 23.6 Å². The Hall–Kier alpha value is -1.20. The number of nitrogens with zero attached hydrogens (tertiary/aromatic N) is 2. The van der Waals surface area contributed by atoms with E-state index >= 15 is 0 Å². The van der Waals surface area contributed by atoms with Crippen LogP contribution in [0.5, 0.6) is 0 Å². The zero-order valence-electron chi connectivity index (χ0n) is 12.4. The van der Waals surface area contributed by atoms with Crippen molar-refractivity contribution in [2.45, 2.75) is 38.8 Å². The fourth-order valence-corrected chi connectivity index (χ4v) is 2.57. The minimum Gasteiger partial charge on any atom is -0.381 e. The molecule has 2 heterocycles. The molecule has 2 rings (SSSR count). The third-order valence-electron chi connectivity index (χ3n) is 3.72. The molecular formula is C15H24FN3O. The third-order valence-corrected chi connectivity index (χ3v) is 3.72.